The quantitative estimate of drug-likeness (QED) is 0.368. The zero-order valence-corrected chi connectivity index (χ0v) is 19.3. The highest BCUT2D eigenvalue weighted by atomic mass is 16.1. The van der Waals surface area contributed by atoms with Crippen molar-refractivity contribution in [2.75, 3.05) is 0 Å². The number of rotatable bonds is 6. The Bertz CT molecular complexity index is 1390. The summed E-state index contributed by atoms with van der Waals surface area (Å²) in [6, 6.07) is 7.97. The van der Waals surface area contributed by atoms with Crippen LogP contribution in [0.4, 0.5) is 0 Å². The molecule has 166 valence electrons. The number of aromatic nitrogens is 5. The maximum Gasteiger partial charge on any atom is 0.265 e. The van der Waals surface area contributed by atoms with Crippen LogP contribution in [-0.2, 0) is 13.0 Å². The smallest absolute Gasteiger partial charge is 0.265 e. The third kappa shape index (κ3) is 3.42. The topological polar surface area (TPSA) is 65.6 Å². The molecule has 0 spiro atoms. The summed E-state index contributed by atoms with van der Waals surface area (Å²) in [5.74, 6) is 0.836. The lowest BCUT2D eigenvalue weighted by molar-refractivity contribution is 0.488. The van der Waals surface area contributed by atoms with E-state index in [1.54, 1.807) is 0 Å². The summed E-state index contributed by atoms with van der Waals surface area (Å²) < 4.78 is 4.01. The summed E-state index contributed by atoms with van der Waals surface area (Å²) >= 11 is 0. The van der Waals surface area contributed by atoms with E-state index in [0.717, 1.165) is 47.5 Å². The van der Waals surface area contributed by atoms with Crippen molar-refractivity contribution in [2.24, 2.45) is 0 Å². The van der Waals surface area contributed by atoms with Gasteiger partial charge in [0.1, 0.15) is 16.7 Å². The summed E-state index contributed by atoms with van der Waals surface area (Å²) in [6.45, 7) is 7.03. The third-order valence-electron chi connectivity index (χ3n) is 6.86. The zero-order chi connectivity index (χ0) is 22.2. The summed E-state index contributed by atoms with van der Waals surface area (Å²) in [5, 5.41) is 0.605. The summed E-state index contributed by atoms with van der Waals surface area (Å²) in [5.41, 5.74) is 5.34. The van der Waals surface area contributed by atoms with E-state index in [0.29, 0.717) is 17.3 Å². The van der Waals surface area contributed by atoms with Gasteiger partial charge in [-0.15, -0.1) is 0 Å². The van der Waals surface area contributed by atoms with E-state index in [1.165, 1.54) is 31.3 Å². The molecule has 5 rings (SSSR count). The SMILES string of the molecule is CCc1nc2c(c(=O)n1[C@@H](C)CC)c1nc3ccccc3nc1n2CCC1=CCCCC1. The number of allylic oxidation sites excluding steroid dienone is 2. The second kappa shape index (κ2) is 8.49. The Morgan fingerprint density at radius 3 is 2.50 bits per heavy atom. The van der Waals surface area contributed by atoms with E-state index < -0.39 is 0 Å². The molecular weight excluding hydrogens is 398 g/mol. The van der Waals surface area contributed by atoms with Gasteiger partial charge >= 0.3 is 0 Å². The molecule has 0 unspecified atom stereocenters. The molecular formula is C26H31N5O. The van der Waals surface area contributed by atoms with Crippen LogP contribution >= 0.6 is 0 Å². The largest absolute Gasteiger partial charge is 0.308 e. The fraction of sp³-hybridized carbons (Fsp3) is 0.462. The molecule has 0 fully saturated rings. The number of benzene rings is 1. The predicted molar refractivity (Wildman–Crippen MR) is 130 cm³/mol. The van der Waals surface area contributed by atoms with Crippen LogP contribution in [0.3, 0.4) is 0 Å². The molecule has 0 bridgehead atoms. The van der Waals surface area contributed by atoms with E-state index in [9.17, 15) is 4.79 Å². The molecule has 1 aromatic carbocycles. The molecule has 6 nitrogen and oxygen atoms in total. The molecule has 0 saturated carbocycles. The minimum atomic E-state index is 0.00594. The number of fused-ring (bicyclic) bond motifs is 4. The van der Waals surface area contributed by atoms with Gasteiger partial charge in [0.05, 0.1) is 11.0 Å². The zero-order valence-electron chi connectivity index (χ0n) is 19.3. The van der Waals surface area contributed by atoms with Crippen molar-refractivity contribution < 1.29 is 0 Å². The van der Waals surface area contributed by atoms with Gasteiger partial charge in [-0.3, -0.25) is 9.36 Å². The number of hydrogen-bond acceptors (Lipinski definition) is 4. The molecule has 3 aromatic heterocycles. The number of aryl methyl sites for hydroxylation is 2. The molecule has 1 aliphatic rings. The van der Waals surface area contributed by atoms with Gasteiger partial charge < -0.3 is 4.57 Å². The lowest BCUT2D eigenvalue weighted by Crippen LogP contribution is -2.28. The van der Waals surface area contributed by atoms with Crippen molar-refractivity contribution in [3.05, 3.63) is 52.1 Å². The van der Waals surface area contributed by atoms with Gasteiger partial charge in [0.25, 0.3) is 5.56 Å². The highest BCUT2D eigenvalue weighted by molar-refractivity contribution is 6.04. The molecule has 0 saturated heterocycles. The first-order chi connectivity index (χ1) is 15.6. The maximum absolute atomic E-state index is 13.8. The standard InChI is InChI=1S/C26H31N5O/c1-4-17(3)31-21(5-2)29-24-22(26(31)32)23-25(28-20-14-10-9-13-19(20)27-23)30(24)16-15-18-11-7-6-8-12-18/h9-11,13-14,17H,4-8,12,15-16H2,1-3H3/t17-/m0/s1. The molecule has 0 N–H and O–H groups in total. The Hall–Kier alpha value is -3.02. The van der Waals surface area contributed by atoms with Gasteiger partial charge in [-0.25, -0.2) is 15.0 Å². The van der Waals surface area contributed by atoms with E-state index in [1.807, 2.05) is 28.8 Å². The van der Waals surface area contributed by atoms with E-state index in [4.69, 9.17) is 15.0 Å². The highest BCUT2D eigenvalue weighted by Gasteiger charge is 2.23. The Morgan fingerprint density at radius 1 is 1.03 bits per heavy atom. The van der Waals surface area contributed by atoms with Crippen molar-refractivity contribution in [2.45, 2.75) is 78.3 Å². The molecule has 0 amide bonds. The lowest BCUT2D eigenvalue weighted by Gasteiger charge is -2.18. The van der Waals surface area contributed by atoms with Crippen molar-refractivity contribution in [3.8, 4) is 0 Å². The molecule has 1 atom stereocenters. The molecule has 6 heteroatoms. The summed E-state index contributed by atoms with van der Waals surface area (Å²) in [6.07, 6.45) is 9.83. The Kier molecular flexibility index (Phi) is 5.53. The average Bonchev–Trinajstić information content (AvgIpc) is 3.13. The Morgan fingerprint density at radius 2 is 1.81 bits per heavy atom. The van der Waals surface area contributed by atoms with Gasteiger partial charge in [0.15, 0.2) is 11.3 Å². The van der Waals surface area contributed by atoms with Crippen molar-refractivity contribution >= 4 is 33.2 Å². The van der Waals surface area contributed by atoms with Crippen molar-refractivity contribution in [3.63, 3.8) is 0 Å². The summed E-state index contributed by atoms with van der Waals surface area (Å²) in [7, 11) is 0. The fourth-order valence-electron chi connectivity index (χ4n) is 4.90. The molecule has 1 aliphatic carbocycles. The molecule has 4 aromatic rings. The van der Waals surface area contributed by atoms with Crippen LogP contribution in [0.1, 0.15) is 71.2 Å². The van der Waals surface area contributed by atoms with Crippen LogP contribution in [0.15, 0.2) is 40.7 Å². The summed E-state index contributed by atoms with van der Waals surface area (Å²) in [4.78, 5) is 28.7. The molecule has 0 aliphatic heterocycles. The van der Waals surface area contributed by atoms with Crippen LogP contribution in [0.25, 0.3) is 33.2 Å². The van der Waals surface area contributed by atoms with Crippen LogP contribution in [0.2, 0.25) is 0 Å². The minimum Gasteiger partial charge on any atom is -0.308 e. The van der Waals surface area contributed by atoms with Crippen molar-refractivity contribution in [1.29, 1.82) is 0 Å². The molecule has 0 radical (unpaired) electrons. The van der Waals surface area contributed by atoms with Crippen LogP contribution in [0.5, 0.6) is 0 Å². The van der Waals surface area contributed by atoms with Gasteiger partial charge in [-0.05, 0) is 57.6 Å². The second-order valence-corrected chi connectivity index (χ2v) is 8.91. The van der Waals surface area contributed by atoms with Gasteiger partial charge in [-0.1, -0.05) is 37.6 Å². The van der Waals surface area contributed by atoms with E-state index >= 15 is 0 Å². The first-order valence-electron chi connectivity index (χ1n) is 12.0. The van der Waals surface area contributed by atoms with Crippen LogP contribution in [-0.4, -0.2) is 24.1 Å². The van der Waals surface area contributed by atoms with Gasteiger partial charge in [-0.2, -0.15) is 0 Å². The first-order valence-corrected chi connectivity index (χ1v) is 12.0. The van der Waals surface area contributed by atoms with Gasteiger partial charge in [0, 0.05) is 19.0 Å². The number of para-hydroxylation sites is 2. The maximum atomic E-state index is 13.8. The van der Waals surface area contributed by atoms with Gasteiger partial charge in [0.2, 0.25) is 0 Å². The highest BCUT2D eigenvalue weighted by Crippen LogP contribution is 2.28. The Balaban J connectivity index is 1.80. The van der Waals surface area contributed by atoms with E-state index in [-0.39, 0.29) is 11.6 Å². The van der Waals surface area contributed by atoms with Crippen molar-refractivity contribution in [1.82, 2.24) is 24.1 Å². The van der Waals surface area contributed by atoms with Crippen LogP contribution in [0, 0.1) is 0 Å². The number of nitrogens with zero attached hydrogens (tertiary/aromatic N) is 5. The first kappa shape index (κ1) is 20.9. The predicted octanol–water partition coefficient (Wildman–Crippen LogP) is 5.72. The normalized spacial score (nSPS) is 15.5. The second-order valence-electron chi connectivity index (χ2n) is 8.91. The average molecular weight is 430 g/mol. The third-order valence-corrected chi connectivity index (χ3v) is 6.86. The number of hydrogen-bond donors (Lipinski definition) is 0. The Labute approximate surface area is 188 Å². The molecule has 32 heavy (non-hydrogen) atoms. The monoisotopic (exact) mass is 429 g/mol. The lowest BCUT2D eigenvalue weighted by atomic mass is 9.97. The minimum absolute atomic E-state index is 0.00594. The van der Waals surface area contributed by atoms with E-state index in [2.05, 4.69) is 31.4 Å². The fourth-order valence-corrected chi connectivity index (χ4v) is 4.90. The molecule has 3 heterocycles. The van der Waals surface area contributed by atoms with Crippen LogP contribution < -0.4 is 5.56 Å².